The molecule has 0 saturated carbocycles. The normalized spacial score (nSPS) is 11.5. The van der Waals surface area contributed by atoms with Crippen molar-refractivity contribution in [3.8, 4) is 5.75 Å². The highest BCUT2D eigenvalue weighted by molar-refractivity contribution is 6.30. The summed E-state index contributed by atoms with van der Waals surface area (Å²) in [4.78, 5) is 0. The minimum atomic E-state index is -3.94. The average molecular weight is 231 g/mol. The van der Waals surface area contributed by atoms with E-state index in [0.29, 0.717) is 0 Å². The molecule has 0 atom stereocenters. The molecule has 0 N–H and O–H groups in total. The van der Waals surface area contributed by atoms with Gasteiger partial charge in [-0.1, -0.05) is 17.7 Å². The van der Waals surface area contributed by atoms with E-state index in [4.69, 9.17) is 11.6 Å². The zero-order valence-corrected chi connectivity index (χ0v) is 7.54. The van der Waals surface area contributed by atoms with Crippen molar-refractivity contribution in [2.24, 2.45) is 0 Å². The van der Waals surface area contributed by atoms with Gasteiger partial charge in [-0.2, -0.15) is 0 Å². The van der Waals surface area contributed by atoms with Crippen molar-refractivity contribution in [1.29, 1.82) is 0 Å². The van der Waals surface area contributed by atoms with Gasteiger partial charge in [-0.15, -0.1) is 8.78 Å². The Morgan fingerprint density at radius 3 is 2.46 bits per heavy atom. The second kappa shape index (κ2) is 3.64. The lowest BCUT2D eigenvalue weighted by atomic mass is 10.3. The van der Waals surface area contributed by atoms with Crippen LogP contribution in [0, 0.1) is 5.82 Å². The molecule has 0 aliphatic rings. The van der Waals surface area contributed by atoms with Crippen LogP contribution in [0.4, 0.5) is 13.2 Å². The third-order valence-electron chi connectivity index (χ3n) is 1.14. The average Bonchev–Trinajstić information content (AvgIpc) is 1.96. The fourth-order valence-corrected chi connectivity index (χ4v) is 0.937. The molecule has 13 heavy (non-hydrogen) atoms. The molecule has 72 valence electrons. The third-order valence-corrected chi connectivity index (χ3v) is 1.51. The van der Waals surface area contributed by atoms with Gasteiger partial charge in [0, 0.05) is 11.6 Å². The maximum Gasteiger partial charge on any atom is 0.487 e. The fourth-order valence-electron chi connectivity index (χ4n) is 0.688. The highest BCUT2D eigenvalue weighted by atomic mass is 35.5. The maximum absolute atomic E-state index is 12.9. The van der Waals surface area contributed by atoms with Crippen molar-refractivity contribution in [2.45, 2.75) is 5.57 Å². The van der Waals surface area contributed by atoms with Crippen molar-refractivity contribution in [2.75, 3.05) is 0 Å². The highest BCUT2D eigenvalue weighted by Crippen LogP contribution is 2.30. The zero-order valence-electron chi connectivity index (χ0n) is 6.03. The van der Waals surface area contributed by atoms with Crippen molar-refractivity contribution in [3.05, 3.63) is 29.0 Å². The van der Waals surface area contributed by atoms with Crippen LogP contribution in [0.15, 0.2) is 18.2 Å². The van der Waals surface area contributed by atoms with E-state index < -0.39 is 17.1 Å². The van der Waals surface area contributed by atoms with Crippen LogP contribution < -0.4 is 4.74 Å². The Labute approximate surface area is 82.0 Å². The summed E-state index contributed by atoms with van der Waals surface area (Å²) in [5.74, 6) is -1.75. The van der Waals surface area contributed by atoms with Crippen LogP contribution in [0.5, 0.6) is 5.75 Å². The summed E-state index contributed by atoms with van der Waals surface area (Å²) >= 11 is 9.73. The molecule has 1 aromatic carbocycles. The quantitative estimate of drug-likeness (QED) is 0.706. The van der Waals surface area contributed by atoms with Gasteiger partial charge in [0.1, 0.15) is 0 Å². The zero-order chi connectivity index (χ0) is 10.1. The van der Waals surface area contributed by atoms with E-state index in [0.717, 1.165) is 6.07 Å². The third kappa shape index (κ3) is 2.97. The molecular weight excluding hydrogens is 228 g/mol. The van der Waals surface area contributed by atoms with E-state index in [1.807, 2.05) is 0 Å². The van der Waals surface area contributed by atoms with E-state index in [-0.39, 0.29) is 5.02 Å². The van der Waals surface area contributed by atoms with Crippen LogP contribution in [0.3, 0.4) is 0 Å². The molecule has 0 spiro atoms. The molecule has 1 rings (SSSR count). The summed E-state index contributed by atoms with van der Waals surface area (Å²) in [6, 6.07) is 3.47. The molecular formula is C7H3Cl2F3O. The summed E-state index contributed by atoms with van der Waals surface area (Å²) in [6.45, 7) is 0. The molecule has 0 heterocycles. The number of benzene rings is 1. The molecule has 0 amide bonds. The molecule has 1 nitrogen and oxygen atoms in total. The smallest absolute Gasteiger partial charge is 0.417 e. The lowest BCUT2D eigenvalue weighted by Gasteiger charge is -2.11. The standard InChI is InChI=1S/C7H3Cl2F3O/c8-4-2-1-3-5(6(4)10)13-7(9,11)12/h1-3H. The summed E-state index contributed by atoms with van der Waals surface area (Å²) in [5, 5.41) is -0.307. The van der Waals surface area contributed by atoms with Gasteiger partial charge < -0.3 is 4.74 Å². The van der Waals surface area contributed by atoms with Crippen LogP contribution in [-0.4, -0.2) is 5.57 Å². The Hall–Kier alpha value is -0.610. The molecule has 0 aliphatic carbocycles. The monoisotopic (exact) mass is 230 g/mol. The SMILES string of the molecule is Fc1c(Cl)cccc1OC(F)(F)Cl. The van der Waals surface area contributed by atoms with Crippen LogP contribution in [0.25, 0.3) is 0 Å². The molecule has 0 radical (unpaired) electrons. The molecule has 0 aliphatic heterocycles. The molecule has 0 unspecified atom stereocenters. The number of halogens is 5. The van der Waals surface area contributed by atoms with E-state index in [2.05, 4.69) is 16.3 Å². The van der Waals surface area contributed by atoms with Crippen LogP contribution in [-0.2, 0) is 0 Å². The topological polar surface area (TPSA) is 9.23 Å². The molecule has 0 bridgehead atoms. The first-order chi connectivity index (χ1) is 5.90. The predicted octanol–water partition coefficient (Wildman–Crippen LogP) is 3.65. The van der Waals surface area contributed by atoms with Gasteiger partial charge in [0.15, 0.2) is 11.6 Å². The second-order valence-electron chi connectivity index (χ2n) is 2.10. The first-order valence-electron chi connectivity index (χ1n) is 3.10. The minimum Gasteiger partial charge on any atom is -0.417 e. The Bertz CT molecular complexity index is 311. The van der Waals surface area contributed by atoms with Gasteiger partial charge in [-0.25, -0.2) is 4.39 Å². The number of hydrogen-bond acceptors (Lipinski definition) is 1. The Kier molecular flexibility index (Phi) is 2.93. The predicted molar refractivity (Wildman–Crippen MR) is 42.8 cm³/mol. The van der Waals surface area contributed by atoms with Crippen LogP contribution >= 0.6 is 23.2 Å². The number of rotatable bonds is 2. The number of ether oxygens (including phenoxy) is 1. The summed E-state index contributed by atoms with van der Waals surface area (Å²) in [7, 11) is 0. The molecule has 1 aromatic rings. The summed E-state index contributed by atoms with van der Waals surface area (Å²) in [5.41, 5.74) is -3.94. The van der Waals surface area contributed by atoms with Crippen LogP contribution in [0.1, 0.15) is 0 Å². The number of hydrogen-bond donors (Lipinski definition) is 0. The second-order valence-corrected chi connectivity index (χ2v) is 2.95. The Morgan fingerprint density at radius 1 is 1.31 bits per heavy atom. The van der Waals surface area contributed by atoms with Crippen molar-refractivity contribution < 1.29 is 17.9 Å². The lowest BCUT2D eigenvalue weighted by Crippen LogP contribution is -2.16. The molecule has 6 heteroatoms. The van der Waals surface area contributed by atoms with E-state index >= 15 is 0 Å². The van der Waals surface area contributed by atoms with Crippen molar-refractivity contribution in [1.82, 2.24) is 0 Å². The highest BCUT2D eigenvalue weighted by Gasteiger charge is 2.29. The van der Waals surface area contributed by atoms with Gasteiger partial charge >= 0.3 is 5.57 Å². The van der Waals surface area contributed by atoms with Gasteiger partial charge in [-0.3, -0.25) is 0 Å². The lowest BCUT2D eigenvalue weighted by molar-refractivity contribution is -0.0984. The Morgan fingerprint density at radius 2 is 1.92 bits per heavy atom. The van der Waals surface area contributed by atoms with Gasteiger partial charge in [0.05, 0.1) is 5.02 Å². The van der Waals surface area contributed by atoms with E-state index in [1.54, 1.807) is 0 Å². The van der Waals surface area contributed by atoms with Gasteiger partial charge in [0.2, 0.25) is 0 Å². The molecule has 0 aromatic heterocycles. The molecule has 0 fully saturated rings. The minimum absolute atomic E-state index is 0.307. The first-order valence-corrected chi connectivity index (χ1v) is 3.85. The van der Waals surface area contributed by atoms with Gasteiger partial charge in [-0.05, 0) is 12.1 Å². The number of alkyl halides is 3. The largest absolute Gasteiger partial charge is 0.487 e. The van der Waals surface area contributed by atoms with Crippen LogP contribution in [0.2, 0.25) is 5.02 Å². The van der Waals surface area contributed by atoms with Gasteiger partial charge in [0.25, 0.3) is 0 Å². The maximum atomic E-state index is 12.9. The summed E-state index contributed by atoms with van der Waals surface area (Å²) < 4.78 is 40.8. The summed E-state index contributed by atoms with van der Waals surface area (Å²) in [6.07, 6.45) is 0. The fraction of sp³-hybridized carbons (Fsp3) is 0.143. The molecule has 0 saturated heterocycles. The van der Waals surface area contributed by atoms with Crippen molar-refractivity contribution >= 4 is 23.2 Å². The first kappa shape index (κ1) is 10.5. The Balaban J connectivity index is 2.96. The van der Waals surface area contributed by atoms with E-state index in [1.165, 1.54) is 12.1 Å². The van der Waals surface area contributed by atoms with Crippen molar-refractivity contribution in [3.63, 3.8) is 0 Å². The van der Waals surface area contributed by atoms with E-state index in [9.17, 15) is 13.2 Å².